The fourth-order valence-corrected chi connectivity index (χ4v) is 3.16. The Balaban J connectivity index is 1.62. The van der Waals surface area contributed by atoms with Gasteiger partial charge in [-0.05, 0) is 26.5 Å². The van der Waals surface area contributed by atoms with Crippen molar-refractivity contribution in [2.75, 3.05) is 20.1 Å². The van der Waals surface area contributed by atoms with E-state index in [0.717, 1.165) is 18.8 Å². The normalized spacial score (nSPS) is 22.6. The standard InChI is InChI=1S/C17H25FN6O/c1-4-15-21-17(25-22-15)12(2)23(3)10-14-8-13(18)9-24(14)11-16-19-6-5-7-20-16/h5-7,12-14H,4,8-11H2,1-3H3/t12?,13-,14-/m0/s1. The van der Waals surface area contributed by atoms with Crippen molar-refractivity contribution in [3.63, 3.8) is 0 Å². The van der Waals surface area contributed by atoms with Crippen LogP contribution in [0.25, 0.3) is 0 Å². The Morgan fingerprint density at radius 3 is 2.80 bits per heavy atom. The van der Waals surface area contributed by atoms with Gasteiger partial charge in [0.2, 0.25) is 5.89 Å². The number of likely N-dealkylation sites (N-methyl/N-ethyl adjacent to an activating group) is 1. The van der Waals surface area contributed by atoms with Gasteiger partial charge < -0.3 is 4.52 Å². The molecule has 136 valence electrons. The van der Waals surface area contributed by atoms with Crippen LogP contribution in [-0.4, -0.2) is 62.3 Å². The lowest BCUT2D eigenvalue weighted by Crippen LogP contribution is -2.39. The van der Waals surface area contributed by atoms with Crippen molar-refractivity contribution in [2.45, 2.75) is 51.5 Å². The average molecular weight is 348 g/mol. The first kappa shape index (κ1) is 17.9. The summed E-state index contributed by atoms with van der Waals surface area (Å²) in [5, 5.41) is 3.95. The van der Waals surface area contributed by atoms with Crippen LogP contribution in [0.1, 0.15) is 43.8 Å². The fourth-order valence-electron chi connectivity index (χ4n) is 3.16. The van der Waals surface area contributed by atoms with E-state index < -0.39 is 6.17 Å². The lowest BCUT2D eigenvalue weighted by Gasteiger charge is -2.30. The summed E-state index contributed by atoms with van der Waals surface area (Å²) in [4.78, 5) is 17.2. The molecule has 3 heterocycles. The number of alkyl halides is 1. The Bertz CT molecular complexity index is 666. The van der Waals surface area contributed by atoms with E-state index in [1.807, 2.05) is 20.9 Å². The number of hydrogen-bond donors (Lipinski definition) is 0. The zero-order chi connectivity index (χ0) is 17.8. The molecule has 2 aromatic rings. The molecule has 25 heavy (non-hydrogen) atoms. The number of nitrogens with zero attached hydrogens (tertiary/aromatic N) is 6. The first-order valence-corrected chi connectivity index (χ1v) is 8.73. The van der Waals surface area contributed by atoms with Crippen LogP contribution in [0.15, 0.2) is 23.0 Å². The zero-order valence-electron chi connectivity index (χ0n) is 15.0. The Hall–Kier alpha value is -1.93. The number of aryl methyl sites for hydroxylation is 1. The van der Waals surface area contributed by atoms with Crippen LogP contribution in [0, 0.1) is 0 Å². The van der Waals surface area contributed by atoms with Crippen LogP contribution in [0.3, 0.4) is 0 Å². The molecule has 1 aliphatic heterocycles. The molecule has 3 atom stereocenters. The van der Waals surface area contributed by atoms with Crippen LogP contribution in [-0.2, 0) is 13.0 Å². The van der Waals surface area contributed by atoms with Gasteiger partial charge in [-0.15, -0.1) is 0 Å². The number of hydrogen-bond acceptors (Lipinski definition) is 7. The van der Waals surface area contributed by atoms with Crippen molar-refractivity contribution in [1.29, 1.82) is 0 Å². The third-order valence-electron chi connectivity index (χ3n) is 4.76. The molecular weight excluding hydrogens is 323 g/mol. The molecule has 0 radical (unpaired) electrons. The van der Waals surface area contributed by atoms with Crippen molar-refractivity contribution in [3.05, 3.63) is 36.0 Å². The number of likely N-dealkylation sites (tertiary alicyclic amines) is 1. The molecular formula is C17H25FN6O. The maximum Gasteiger partial charge on any atom is 0.243 e. The number of aromatic nitrogens is 4. The number of rotatable bonds is 7. The first-order valence-electron chi connectivity index (χ1n) is 8.73. The predicted molar refractivity (Wildman–Crippen MR) is 90.5 cm³/mol. The van der Waals surface area contributed by atoms with Crippen molar-refractivity contribution < 1.29 is 8.91 Å². The van der Waals surface area contributed by atoms with Gasteiger partial charge in [-0.25, -0.2) is 14.4 Å². The molecule has 3 rings (SSSR count). The van der Waals surface area contributed by atoms with E-state index in [4.69, 9.17) is 4.52 Å². The molecule has 0 aliphatic carbocycles. The molecule has 2 aromatic heterocycles. The van der Waals surface area contributed by atoms with Gasteiger partial charge in [0.1, 0.15) is 12.0 Å². The Labute approximate surface area is 147 Å². The van der Waals surface area contributed by atoms with Crippen LogP contribution in [0.5, 0.6) is 0 Å². The van der Waals surface area contributed by atoms with Gasteiger partial charge in [-0.3, -0.25) is 9.80 Å². The highest BCUT2D eigenvalue weighted by molar-refractivity contribution is 4.96. The second-order valence-electron chi connectivity index (χ2n) is 6.60. The smallest absolute Gasteiger partial charge is 0.243 e. The fraction of sp³-hybridized carbons (Fsp3) is 0.647. The lowest BCUT2D eigenvalue weighted by atomic mass is 10.1. The summed E-state index contributed by atoms with van der Waals surface area (Å²) in [6, 6.07) is 1.88. The highest BCUT2D eigenvalue weighted by Crippen LogP contribution is 2.25. The third kappa shape index (κ3) is 4.38. The summed E-state index contributed by atoms with van der Waals surface area (Å²) in [6.45, 7) is 5.73. The quantitative estimate of drug-likeness (QED) is 0.758. The van der Waals surface area contributed by atoms with Crippen molar-refractivity contribution in [1.82, 2.24) is 29.9 Å². The zero-order valence-corrected chi connectivity index (χ0v) is 15.0. The van der Waals surface area contributed by atoms with E-state index in [0.29, 0.717) is 31.2 Å². The summed E-state index contributed by atoms with van der Waals surface area (Å²) in [5.41, 5.74) is 0. The Morgan fingerprint density at radius 1 is 1.36 bits per heavy atom. The van der Waals surface area contributed by atoms with Gasteiger partial charge >= 0.3 is 0 Å². The third-order valence-corrected chi connectivity index (χ3v) is 4.76. The Morgan fingerprint density at radius 2 is 2.12 bits per heavy atom. The van der Waals surface area contributed by atoms with Gasteiger partial charge in [0, 0.05) is 37.9 Å². The largest absolute Gasteiger partial charge is 0.338 e. The summed E-state index contributed by atoms with van der Waals surface area (Å²) in [7, 11) is 2.00. The molecule has 8 heteroatoms. The SMILES string of the molecule is CCc1noc(C(C)N(C)C[C@@H]2C[C@H](F)CN2Cc2ncccn2)n1. The molecule has 0 N–H and O–H groups in total. The lowest BCUT2D eigenvalue weighted by molar-refractivity contribution is 0.141. The molecule has 0 saturated carbocycles. The highest BCUT2D eigenvalue weighted by Gasteiger charge is 2.34. The van der Waals surface area contributed by atoms with E-state index in [9.17, 15) is 4.39 Å². The summed E-state index contributed by atoms with van der Waals surface area (Å²) in [5.74, 6) is 2.04. The van der Waals surface area contributed by atoms with Crippen molar-refractivity contribution in [2.24, 2.45) is 0 Å². The molecule has 0 spiro atoms. The van der Waals surface area contributed by atoms with Gasteiger partial charge in [-0.1, -0.05) is 12.1 Å². The minimum atomic E-state index is -0.812. The van der Waals surface area contributed by atoms with Crippen LogP contribution in [0.4, 0.5) is 4.39 Å². The van der Waals surface area contributed by atoms with Gasteiger partial charge in [0.05, 0.1) is 12.6 Å². The topological polar surface area (TPSA) is 71.2 Å². The van der Waals surface area contributed by atoms with E-state index in [-0.39, 0.29) is 12.1 Å². The molecule has 0 amide bonds. The van der Waals surface area contributed by atoms with Crippen molar-refractivity contribution in [3.8, 4) is 0 Å². The van der Waals surface area contributed by atoms with E-state index in [1.54, 1.807) is 18.5 Å². The molecule has 1 saturated heterocycles. The highest BCUT2D eigenvalue weighted by atomic mass is 19.1. The monoisotopic (exact) mass is 348 g/mol. The summed E-state index contributed by atoms with van der Waals surface area (Å²) < 4.78 is 19.3. The molecule has 7 nitrogen and oxygen atoms in total. The second kappa shape index (κ2) is 7.97. The molecule has 1 aliphatic rings. The van der Waals surface area contributed by atoms with Crippen LogP contribution < -0.4 is 0 Å². The molecule has 0 bridgehead atoms. The molecule has 0 aromatic carbocycles. The maximum absolute atomic E-state index is 14.0. The minimum absolute atomic E-state index is 0.0127. The van der Waals surface area contributed by atoms with E-state index >= 15 is 0 Å². The summed E-state index contributed by atoms with van der Waals surface area (Å²) >= 11 is 0. The predicted octanol–water partition coefficient (Wildman–Crippen LogP) is 2.03. The van der Waals surface area contributed by atoms with Gasteiger partial charge in [0.25, 0.3) is 0 Å². The molecule has 1 unspecified atom stereocenters. The van der Waals surface area contributed by atoms with Crippen LogP contribution in [0.2, 0.25) is 0 Å². The van der Waals surface area contributed by atoms with Gasteiger partial charge in [0.15, 0.2) is 5.82 Å². The van der Waals surface area contributed by atoms with E-state index in [1.165, 1.54) is 0 Å². The van der Waals surface area contributed by atoms with Gasteiger partial charge in [-0.2, -0.15) is 4.98 Å². The Kier molecular flexibility index (Phi) is 5.70. The first-order chi connectivity index (χ1) is 12.1. The van der Waals surface area contributed by atoms with E-state index in [2.05, 4.69) is 29.9 Å². The van der Waals surface area contributed by atoms with Crippen molar-refractivity contribution >= 4 is 0 Å². The van der Waals surface area contributed by atoms with Crippen LogP contribution >= 0.6 is 0 Å². The minimum Gasteiger partial charge on any atom is -0.338 e. The average Bonchev–Trinajstić information content (AvgIpc) is 3.22. The molecule has 1 fully saturated rings. The second-order valence-corrected chi connectivity index (χ2v) is 6.60. The number of halogens is 1. The summed E-state index contributed by atoms with van der Waals surface area (Å²) in [6.07, 6.45) is 3.89. The maximum atomic E-state index is 14.0.